The summed E-state index contributed by atoms with van der Waals surface area (Å²) in [6, 6.07) is 20.4. The zero-order valence-corrected chi connectivity index (χ0v) is 14.3. The summed E-state index contributed by atoms with van der Waals surface area (Å²) in [4.78, 5) is 24.5. The Bertz CT molecular complexity index is 889. The van der Waals surface area contributed by atoms with Crippen molar-refractivity contribution in [3.63, 3.8) is 0 Å². The minimum absolute atomic E-state index is 0.0553. The molecule has 3 rings (SSSR count). The van der Waals surface area contributed by atoms with E-state index in [-0.39, 0.29) is 11.5 Å². The summed E-state index contributed by atoms with van der Waals surface area (Å²) >= 11 is 1.65. The van der Waals surface area contributed by atoms with Crippen molar-refractivity contribution in [2.75, 3.05) is 11.1 Å². The van der Waals surface area contributed by atoms with Crippen molar-refractivity contribution in [3.05, 3.63) is 77.1 Å². The molecule has 25 heavy (non-hydrogen) atoms. The molecule has 1 amide bonds. The number of nitrogens with one attached hydrogen (secondary N) is 2. The Balaban J connectivity index is 1.63. The smallest absolute Gasteiger partial charge is 0.264 e. The van der Waals surface area contributed by atoms with Gasteiger partial charge in [0.05, 0.1) is 11.4 Å². The highest BCUT2D eigenvalue weighted by Gasteiger charge is 2.09. The lowest BCUT2D eigenvalue weighted by Gasteiger charge is -2.10. The van der Waals surface area contributed by atoms with Gasteiger partial charge < -0.3 is 5.32 Å². The number of amides is 1. The van der Waals surface area contributed by atoms with Gasteiger partial charge in [-0.1, -0.05) is 36.4 Å². The molecule has 2 N–H and O–H groups in total. The molecule has 0 spiro atoms. The number of thioether (sulfide) groups is 1. The average Bonchev–Trinajstić information content (AvgIpc) is 2.64. The first-order chi connectivity index (χ1) is 12.2. The Labute approximate surface area is 149 Å². The quantitative estimate of drug-likeness (QED) is 0.666. The summed E-state index contributed by atoms with van der Waals surface area (Å²) in [5, 5.41) is 9.36. The van der Waals surface area contributed by atoms with E-state index in [1.54, 1.807) is 17.8 Å². The monoisotopic (exact) mass is 351 g/mol. The van der Waals surface area contributed by atoms with Crippen LogP contribution in [0.25, 0.3) is 11.3 Å². The van der Waals surface area contributed by atoms with E-state index < -0.39 is 0 Å². The summed E-state index contributed by atoms with van der Waals surface area (Å²) in [6.07, 6.45) is 0.410. The van der Waals surface area contributed by atoms with E-state index >= 15 is 0 Å². The molecule has 2 aromatic carbocycles. The lowest BCUT2D eigenvalue weighted by molar-refractivity contribution is -0.115. The maximum Gasteiger partial charge on any atom is 0.264 e. The Morgan fingerprint density at radius 2 is 1.76 bits per heavy atom. The summed E-state index contributed by atoms with van der Waals surface area (Å²) in [6.45, 7) is 0. The van der Waals surface area contributed by atoms with Crippen LogP contribution in [0.5, 0.6) is 0 Å². The van der Waals surface area contributed by atoms with Crippen molar-refractivity contribution in [1.82, 2.24) is 10.2 Å². The SMILES string of the molecule is O=C(CCSc1ccccc1)Nc1ccccc1-c1ccc(=O)[nH]n1. The number of aromatic amines is 1. The van der Waals surface area contributed by atoms with Gasteiger partial charge in [0.2, 0.25) is 5.91 Å². The topological polar surface area (TPSA) is 74.8 Å². The van der Waals surface area contributed by atoms with Gasteiger partial charge in [0.1, 0.15) is 0 Å². The van der Waals surface area contributed by atoms with Gasteiger partial charge in [-0.05, 0) is 24.3 Å². The predicted octanol–water partition coefficient (Wildman–Crippen LogP) is 3.56. The number of nitrogens with zero attached hydrogens (tertiary/aromatic N) is 1. The third-order valence-electron chi connectivity index (χ3n) is 3.50. The lowest BCUT2D eigenvalue weighted by Crippen LogP contribution is -2.13. The Kier molecular flexibility index (Phi) is 5.64. The molecule has 0 fully saturated rings. The van der Waals surface area contributed by atoms with Crippen molar-refractivity contribution >= 4 is 23.4 Å². The van der Waals surface area contributed by atoms with Crippen molar-refractivity contribution < 1.29 is 4.79 Å². The van der Waals surface area contributed by atoms with Gasteiger partial charge in [0.25, 0.3) is 5.56 Å². The fraction of sp³-hybridized carbons (Fsp3) is 0.105. The van der Waals surface area contributed by atoms with E-state index in [2.05, 4.69) is 15.5 Å². The van der Waals surface area contributed by atoms with Gasteiger partial charge in [-0.3, -0.25) is 9.59 Å². The summed E-state index contributed by atoms with van der Waals surface area (Å²) < 4.78 is 0. The van der Waals surface area contributed by atoms with Gasteiger partial charge in [-0.25, -0.2) is 5.10 Å². The van der Waals surface area contributed by atoms with Crippen LogP contribution >= 0.6 is 11.8 Å². The van der Waals surface area contributed by atoms with Crippen molar-refractivity contribution in [1.29, 1.82) is 0 Å². The molecule has 0 bridgehead atoms. The van der Waals surface area contributed by atoms with E-state index in [1.807, 2.05) is 54.6 Å². The molecule has 0 unspecified atom stereocenters. The summed E-state index contributed by atoms with van der Waals surface area (Å²) in [5.41, 5.74) is 1.79. The van der Waals surface area contributed by atoms with Gasteiger partial charge >= 0.3 is 0 Å². The molecule has 1 aromatic heterocycles. The number of carbonyl (C=O) groups excluding carboxylic acids is 1. The molecule has 0 radical (unpaired) electrons. The molecule has 3 aromatic rings. The zero-order chi connectivity index (χ0) is 17.5. The van der Waals surface area contributed by atoms with Crippen LogP contribution in [0.1, 0.15) is 6.42 Å². The Morgan fingerprint density at radius 3 is 2.52 bits per heavy atom. The zero-order valence-electron chi connectivity index (χ0n) is 13.4. The van der Waals surface area contributed by atoms with E-state index in [9.17, 15) is 9.59 Å². The van der Waals surface area contributed by atoms with Crippen LogP contribution in [0.3, 0.4) is 0 Å². The molecule has 6 heteroatoms. The second-order valence-electron chi connectivity index (χ2n) is 5.31. The first-order valence-corrected chi connectivity index (χ1v) is 8.84. The third kappa shape index (κ3) is 4.81. The minimum atomic E-state index is -0.261. The first-order valence-electron chi connectivity index (χ1n) is 7.85. The molecule has 0 saturated heterocycles. The predicted molar refractivity (Wildman–Crippen MR) is 101 cm³/mol. The number of H-pyrrole nitrogens is 1. The van der Waals surface area contributed by atoms with Crippen LogP contribution in [0, 0.1) is 0 Å². The molecule has 0 aliphatic carbocycles. The second kappa shape index (κ2) is 8.30. The highest BCUT2D eigenvalue weighted by atomic mass is 32.2. The maximum atomic E-state index is 12.2. The van der Waals surface area contributed by atoms with Crippen LogP contribution in [0.2, 0.25) is 0 Å². The first kappa shape index (κ1) is 17.0. The molecule has 0 aliphatic heterocycles. The molecule has 1 heterocycles. The van der Waals surface area contributed by atoms with Crippen LogP contribution in [0.4, 0.5) is 5.69 Å². The highest BCUT2D eigenvalue weighted by molar-refractivity contribution is 7.99. The molecule has 126 valence electrons. The largest absolute Gasteiger partial charge is 0.325 e. The van der Waals surface area contributed by atoms with Gasteiger partial charge in [-0.2, -0.15) is 5.10 Å². The molecular formula is C19H17N3O2S. The van der Waals surface area contributed by atoms with E-state index in [0.29, 0.717) is 23.6 Å². The molecule has 0 atom stereocenters. The lowest BCUT2D eigenvalue weighted by atomic mass is 10.1. The summed E-state index contributed by atoms with van der Waals surface area (Å²) in [5.74, 6) is 0.648. The number of hydrogen-bond donors (Lipinski definition) is 2. The third-order valence-corrected chi connectivity index (χ3v) is 4.51. The second-order valence-corrected chi connectivity index (χ2v) is 6.48. The normalized spacial score (nSPS) is 10.4. The molecular weight excluding hydrogens is 334 g/mol. The standard InChI is InChI=1S/C19H17N3O2S/c23-18(12-13-25-14-6-2-1-3-7-14)20-16-9-5-4-8-15(16)17-10-11-19(24)22-21-17/h1-11H,12-13H2,(H,20,23)(H,22,24). The number of rotatable bonds is 6. The number of hydrogen-bond acceptors (Lipinski definition) is 4. The van der Waals surface area contributed by atoms with E-state index in [0.717, 1.165) is 10.5 Å². The van der Waals surface area contributed by atoms with Crippen molar-refractivity contribution in [2.24, 2.45) is 0 Å². The van der Waals surface area contributed by atoms with Crippen LogP contribution < -0.4 is 10.9 Å². The van der Waals surface area contributed by atoms with E-state index in [4.69, 9.17) is 0 Å². The fourth-order valence-corrected chi connectivity index (χ4v) is 3.17. The number of aromatic nitrogens is 2. The Morgan fingerprint density at radius 1 is 1.00 bits per heavy atom. The minimum Gasteiger partial charge on any atom is -0.325 e. The molecule has 0 aliphatic rings. The molecule has 5 nitrogen and oxygen atoms in total. The van der Waals surface area contributed by atoms with Crippen molar-refractivity contribution in [3.8, 4) is 11.3 Å². The van der Waals surface area contributed by atoms with E-state index in [1.165, 1.54) is 6.07 Å². The van der Waals surface area contributed by atoms with Gasteiger partial charge in [0, 0.05) is 28.7 Å². The number of para-hydroxylation sites is 1. The van der Waals surface area contributed by atoms with Crippen LogP contribution in [0.15, 0.2) is 76.4 Å². The highest BCUT2D eigenvalue weighted by Crippen LogP contribution is 2.25. The van der Waals surface area contributed by atoms with Crippen LogP contribution in [-0.4, -0.2) is 21.9 Å². The van der Waals surface area contributed by atoms with Gasteiger partial charge in [-0.15, -0.1) is 11.8 Å². The maximum absolute atomic E-state index is 12.2. The average molecular weight is 351 g/mol. The Hall–Kier alpha value is -2.86. The number of anilines is 1. The fourth-order valence-electron chi connectivity index (χ4n) is 2.30. The summed E-state index contributed by atoms with van der Waals surface area (Å²) in [7, 11) is 0. The number of carbonyl (C=O) groups is 1. The van der Waals surface area contributed by atoms with Gasteiger partial charge in [0.15, 0.2) is 0 Å². The number of benzene rings is 2. The molecule has 0 saturated carbocycles. The van der Waals surface area contributed by atoms with Crippen LogP contribution in [-0.2, 0) is 4.79 Å². The van der Waals surface area contributed by atoms with Crippen molar-refractivity contribution in [2.45, 2.75) is 11.3 Å².